The highest BCUT2D eigenvalue weighted by atomic mass is 32.1. The zero-order chi connectivity index (χ0) is 13.6. The van der Waals surface area contributed by atoms with E-state index in [1.807, 2.05) is 11.3 Å². The molecule has 1 aromatic heterocycles. The second kappa shape index (κ2) is 7.41. The fraction of sp³-hybridized carbons (Fsp3) is 0.750. The van der Waals surface area contributed by atoms with Gasteiger partial charge in [0.15, 0.2) is 0 Å². The Balaban J connectivity index is 1.99. The van der Waals surface area contributed by atoms with Crippen LogP contribution in [0.3, 0.4) is 0 Å². The predicted octanol–water partition coefficient (Wildman–Crippen LogP) is 3.65. The van der Waals surface area contributed by atoms with E-state index in [1.54, 1.807) is 4.88 Å². The lowest BCUT2D eigenvalue weighted by Gasteiger charge is -2.37. The van der Waals surface area contributed by atoms with Crippen molar-refractivity contribution in [2.24, 2.45) is 5.41 Å². The minimum absolute atomic E-state index is 0.420. The second-order valence-corrected chi connectivity index (χ2v) is 6.94. The first-order chi connectivity index (χ1) is 9.28. The third kappa shape index (κ3) is 4.30. The molecule has 2 nitrogen and oxygen atoms in total. The highest BCUT2D eigenvalue weighted by Gasteiger charge is 2.32. The summed E-state index contributed by atoms with van der Waals surface area (Å²) in [5, 5.41) is 3.64. The third-order valence-corrected chi connectivity index (χ3v) is 5.32. The molecule has 0 aliphatic carbocycles. The molecule has 0 radical (unpaired) electrons. The van der Waals surface area contributed by atoms with Crippen molar-refractivity contribution in [3.8, 4) is 0 Å². The fourth-order valence-electron chi connectivity index (χ4n) is 2.83. The molecule has 1 aliphatic rings. The molecule has 0 aromatic carbocycles. The van der Waals surface area contributed by atoms with E-state index in [1.165, 1.54) is 30.6 Å². The average molecular weight is 281 g/mol. The van der Waals surface area contributed by atoms with Gasteiger partial charge in [0.05, 0.1) is 0 Å². The van der Waals surface area contributed by atoms with Crippen molar-refractivity contribution in [2.75, 3.05) is 26.3 Å². The monoisotopic (exact) mass is 281 g/mol. The molecular weight excluding hydrogens is 254 g/mol. The lowest BCUT2D eigenvalue weighted by Crippen LogP contribution is -2.40. The van der Waals surface area contributed by atoms with E-state index in [4.69, 9.17) is 4.74 Å². The highest BCUT2D eigenvalue weighted by Crippen LogP contribution is 2.35. The van der Waals surface area contributed by atoms with Crippen LogP contribution in [0.5, 0.6) is 0 Å². The Bertz CT molecular complexity index is 369. The number of hydrogen-bond donors (Lipinski definition) is 1. The minimum atomic E-state index is 0.420. The van der Waals surface area contributed by atoms with Gasteiger partial charge in [-0.2, -0.15) is 0 Å². The summed E-state index contributed by atoms with van der Waals surface area (Å²) in [6.45, 7) is 8.61. The Morgan fingerprint density at radius 1 is 1.21 bits per heavy atom. The number of aryl methyl sites for hydroxylation is 1. The van der Waals surface area contributed by atoms with E-state index >= 15 is 0 Å². The van der Waals surface area contributed by atoms with Gasteiger partial charge in [0.1, 0.15) is 0 Å². The first-order valence-corrected chi connectivity index (χ1v) is 8.46. The van der Waals surface area contributed by atoms with E-state index in [2.05, 4.69) is 31.3 Å². The molecular formula is C16H27NOS. The summed E-state index contributed by atoms with van der Waals surface area (Å²) in [7, 11) is 0. The Kier molecular flexibility index (Phi) is 5.86. The molecule has 0 saturated carbocycles. The van der Waals surface area contributed by atoms with Gasteiger partial charge in [-0.1, -0.05) is 13.8 Å². The number of hydrogen-bond acceptors (Lipinski definition) is 3. The van der Waals surface area contributed by atoms with Crippen molar-refractivity contribution in [1.29, 1.82) is 0 Å². The SMILES string of the molecule is CCCNCC1(Cc2ccc(CC)s2)CCOCC1. The van der Waals surface area contributed by atoms with Gasteiger partial charge in [0, 0.05) is 29.5 Å². The van der Waals surface area contributed by atoms with Crippen molar-refractivity contribution < 1.29 is 4.74 Å². The summed E-state index contributed by atoms with van der Waals surface area (Å²) in [4.78, 5) is 3.07. The molecule has 2 rings (SSSR count). The van der Waals surface area contributed by atoms with Crippen molar-refractivity contribution in [2.45, 2.75) is 46.0 Å². The summed E-state index contributed by atoms with van der Waals surface area (Å²) in [6, 6.07) is 4.63. The molecule has 1 fully saturated rings. The summed E-state index contributed by atoms with van der Waals surface area (Å²) in [6.07, 6.45) is 5.99. The van der Waals surface area contributed by atoms with Crippen LogP contribution in [0, 0.1) is 5.41 Å². The highest BCUT2D eigenvalue weighted by molar-refractivity contribution is 7.11. The zero-order valence-electron chi connectivity index (χ0n) is 12.3. The van der Waals surface area contributed by atoms with Crippen LogP contribution in [-0.2, 0) is 17.6 Å². The quantitative estimate of drug-likeness (QED) is 0.770. The first-order valence-electron chi connectivity index (χ1n) is 7.64. The van der Waals surface area contributed by atoms with Crippen LogP contribution in [-0.4, -0.2) is 26.3 Å². The minimum Gasteiger partial charge on any atom is -0.381 e. The predicted molar refractivity (Wildman–Crippen MR) is 83.0 cm³/mol. The van der Waals surface area contributed by atoms with Gasteiger partial charge in [0.2, 0.25) is 0 Å². The Morgan fingerprint density at radius 2 is 1.95 bits per heavy atom. The summed E-state index contributed by atoms with van der Waals surface area (Å²) < 4.78 is 5.57. The lowest BCUT2D eigenvalue weighted by atomic mass is 9.76. The second-order valence-electron chi connectivity index (χ2n) is 5.69. The molecule has 1 saturated heterocycles. The van der Waals surface area contributed by atoms with E-state index in [0.29, 0.717) is 5.41 Å². The largest absolute Gasteiger partial charge is 0.381 e. The maximum Gasteiger partial charge on any atom is 0.0471 e. The van der Waals surface area contributed by atoms with E-state index < -0.39 is 0 Å². The number of nitrogens with one attached hydrogen (secondary N) is 1. The molecule has 0 bridgehead atoms. The maximum absolute atomic E-state index is 5.57. The van der Waals surface area contributed by atoms with Crippen LogP contribution in [0.25, 0.3) is 0 Å². The standard InChI is InChI=1S/C16H27NOS/c1-3-9-17-13-16(7-10-18-11-8-16)12-15-6-5-14(4-2)19-15/h5-6,17H,3-4,7-13H2,1-2H3. The molecule has 0 atom stereocenters. The first kappa shape index (κ1) is 15.0. The van der Waals surface area contributed by atoms with E-state index in [0.717, 1.165) is 32.7 Å². The molecule has 1 aromatic rings. The van der Waals surface area contributed by atoms with Gasteiger partial charge in [-0.25, -0.2) is 0 Å². The number of rotatable bonds is 7. The van der Waals surface area contributed by atoms with Crippen molar-refractivity contribution in [3.63, 3.8) is 0 Å². The van der Waals surface area contributed by atoms with E-state index in [9.17, 15) is 0 Å². The molecule has 2 heterocycles. The summed E-state index contributed by atoms with van der Waals surface area (Å²) in [5.41, 5.74) is 0.420. The summed E-state index contributed by atoms with van der Waals surface area (Å²) >= 11 is 2.00. The van der Waals surface area contributed by atoms with Crippen LogP contribution in [0.15, 0.2) is 12.1 Å². The van der Waals surface area contributed by atoms with Gasteiger partial charge in [-0.3, -0.25) is 0 Å². The molecule has 19 heavy (non-hydrogen) atoms. The van der Waals surface area contributed by atoms with Crippen LogP contribution in [0.2, 0.25) is 0 Å². The molecule has 3 heteroatoms. The van der Waals surface area contributed by atoms with Crippen molar-refractivity contribution in [1.82, 2.24) is 5.32 Å². The third-order valence-electron chi connectivity index (χ3n) is 4.10. The zero-order valence-corrected chi connectivity index (χ0v) is 13.2. The van der Waals surface area contributed by atoms with Crippen LogP contribution < -0.4 is 5.32 Å². The maximum atomic E-state index is 5.57. The average Bonchev–Trinajstić information content (AvgIpc) is 2.87. The molecule has 0 amide bonds. The van der Waals surface area contributed by atoms with Crippen LogP contribution in [0.1, 0.15) is 42.9 Å². The van der Waals surface area contributed by atoms with Gasteiger partial charge in [-0.15, -0.1) is 11.3 Å². The van der Waals surface area contributed by atoms with Crippen molar-refractivity contribution >= 4 is 11.3 Å². The van der Waals surface area contributed by atoms with Gasteiger partial charge >= 0.3 is 0 Å². The normalized spacial score (nSPS) is 18.6. The Labute approximate surface area is 121 Å². The topological polar surface area (TPSA) is 21.3 Å². The Morgan fingerprint density at radius 3 is 2.58 bits per heavy atom. The summed E-state index contributed by atoms with van der Waals surface area (Å²) in [5.74, 6) is 0. The van der Waals surface area contributed by atoms with E-state index in [-0.39, 0.29) is 0 Å². The smallest absolute Gasteiger partial charge is 0.0471 e. The molecule has 1 N–H and O–H groups in total. The Hall–Kier alpha value is -0.380. The number of ether oxygens (including phenoxy) is 1. The van der Waals surface area contributed by atoms with Crippen LogP contribution in [0.4, 0.5) is 0 Å². The fourth-order valence-corrected chi connectivity index (χ4v) is 3.96. The molecule has 0 spiro atoms. The van der Waals surface area contributed by atoms with Gasteiger partial charge < -0.3 is 10.1 Å². The van der Waals surface area contributed by atoms with Crippen molar-refractivity contribution in [3.05, 3.63) is 21.9 Å². The van der Waals surface area contributed by atoms with Crippen LogP contribution >= 0.6 is 11.3 Å². The van der Waals surface area contributed by atoms with Gasteiger partial charge in [-0.05, 0) is 56.2 Å². The molecule has 0 unspecified atom stereocenters. The molecule has 108 valence electrons. The van der Waals surface area contributed by atoms with Gasteiger partial charge in [0.25, 0.3) is 0 Å². The molecule has 1 aliphatic heterocycles. The lowest BCUT2D eigenvalue weighted by molar-refractivity contribution is 0.0154. The number of thiophene rings is 1.